The fourth-order valence-electron chi connectivity index (χ4n) is 3.20. The van der Waals surface area contributed by atoms with Crippen LogP contribution in [0.3, 0.4) is 0 Å². The smallest absolute Gasteiger partial charge is 0.244 e. The minimum absolute atomic E-state index is 0.0261. The summed E-state index contributed by atoms with van der Waals surface area (Å²) < 4.78 is 28.3. The zero-order chi connectivity index (χ0) is 15.6. The highest BCUT2D eigenvalue weighted by Crippen LogP contribution is 2.34. The van der Waals surface area contributed by atoms with Crippen molar-refractivity contribution in [1.82, 2.24) is 4.31 Å². The molecule has 2 unspecified atom stereocenters. The van der Waals surface area contributed by atoms with Crippen molar-refractivity contribution in [2.45, 2.75) is 44.0 Å². The molecule has 118 valence electrons. The molecule has 0 aromatic heterocycles. The van der Waals surface area contributed by atoms with E-state index in [0.717, 1.165) is 24.8 Å². The van der Waals surface area contributed by atoms with E-state index in [1.165, 1.54) is 0 Å². The zero-order valence-electron chi connectivity index (χ0n) is 12.5. The second-order valence-corrected chi connectivity index (χ2v) is 8.35. The number of nitrogens with zero attached hydrogens (tertiary/aromatic N) is 1. The first-order chi connectivity index (χ1) is 9.91. The largest absolute Gasteiger partial charge is 0.330 e. The lowest BCUT2D eigenvalue weighted by Gasteiger charge is -2.31. The van der Waals surface area contributed by atoms with Gasteiger partial charge in [0.1, 0.15) is 0 Å². The molecule has 1 aromatic rings. The van der Waals surface area contributed by atoms with Crippen LogP contribution < -0.4 is 5.73 Å². The Morgan fingerprint density at radius 2 is 2.10 bits per heavy atom. The molecule has 2 N–H and O–H groups in total. The second kappa shape index (κ2) is 6.77. The predicted molar refractivity (Wildman–Crippen MR) is 88.6 cm³/mol. The Morgan fingerprint density at radius 3 is 2.67 bits per heavy atom. The van der Waals surface area contributed by atoms with Crippen molar-refractivity contribution in [3.8, 4) is 0 Å². The highest BCUT2D eigenvalue weighted by molar-refractivity contribution is 9.10. The molecule has 0 radical (unpaired) electrons. The van der Waals surface area contributed by atoms with Crippen molar-refractivity contribution >= 4 is 26.0 Å². The van der Waals surface area contributed by atoms with Gasteiger partial charge < -0.3 is 5.73 Å². The van der Waals surface area contributed by atoms with Gasteiger partial charge in [-0.15, -0.1) is 0 Å². The average molecular weight is 375 g/mol. The van der Waals surface area contributed by atoms with E-state index in [4.69, 9.17) is 5.73 Å². The Labute approximate surface area is 135 Å². The highest BCUT2D eigenvalue weighted by atomic mass is 79.9. The van der Waals surface area contributed by atoms with E-state index >= 15 is 0 Å². The summed E-state index contributed by atoms with van der Waals surface area (Å²) in [5.74, 6) is 0.268. The van der Waals surface area contributed by atoms with Crippen LogP contribution in [0.4, 0.5) is 0 Å². The van der Waals surface area contributed by atoms with E-state index in [1.54, 1.807) is 10.4 Å². The third-order valence-corrected chi connectivity index (χ3v) is 7.25. The number of halogens is 1. The zero-order valence-corrected chi connectivity index (χ0v) is 15.0. The van der Waals surface area contributed by atoms with Crippen molar-refractivity contribution in [2.24, 2.45) is 11.7 Å². The lowest BCUT2D eigenvalue weighted by molar-refractivity contribution is 0.276. The minimum Gasteiger partial charge on any atom is -0.330 e. The van der Waals surface area contributed by atoms with Crippen LogP contribution in [-0.2, 0) is 10.0 Å². The molecule has 0 bridgehead atoms. The molecule has 0 aliphatic heterocycles. The molecule has 0 heterocycles. The number of benzene rings is 1. The van der Waals surface area contributed by atoms with Gasteiger partial charge in [0.05, 0.1) is 4.90 Å². The SMILES string of the molecule is CCN(C1CCCC1CN)S(=O)(=O)c1ccc(C)cc1Br. The maximum Gasteiger partial charge on any atom is 0.244 e. The van der Waals surface area contributed by atoms with Crippen LogP contribution in [0.1, 0.15) is 31.7 Å². The molecular formula is C15H23BrN2O2S. The van der Waals surface area contributed by atoms with E-state index in [9.17, 15) is 8.42 Å². The highest BCUT2D eigenvalue weighted by Gasteiger charge is 2.38. The molecule has 2 rings (SSSR count). The van der Waals surface area contributed by atoms with Crippen LogP contribution in [-0.4, -0.2) is 31.9 Å². The maximum absolute atomic E-state index is 13.0. The van der Waals surface area contributed by atoms with Crippen LogP contribution >= 0.6 is 15.9 Å². The van der Waals surface area contributed by atoms with Crippen LogP contribution in [0.5, 0.6) is 0 Å². The summed E-state index contributed by atoms with van der Waals surface area (Å²) in [6.07, 6.45) is 2.97. The summed E-state index contributed by atoms with van der Waals surface area (Å²) in [4.78, 5) is 0.345. The van der Waals surface area contributed by atoms with E-state index < -0.39 is 10.0 Å². The number of hydrogen-bond donors (Lipinski definition) is 1. The van der Waals surface area contributed by atoms with Crippen LogP contribution in [0, 0.1) is 12.8 Å². The van der Waals surface area contributed by atoms with Gasteiger partial charge in [-0.3, -0.25) is 0 Å². The predicted octanol–water partition coefficient (Wildman–Crippen LogP) is 2.90. The van der Waals surface area contributed by atoms with Crippen molar-refractivity contribution in [1.29, 1.82) is 0 Å². The van der Waals surface area contributed by atoms with E-state index in [2.05, 4.69) is 15.9 Å². The van der Waals surface area contributed by atoms with Gasteiger partial charge in [0, 0.05) is 17.1 Å². The summed E-state index contributed by atoms with van der Waals surface area (Å²) >= 11 is 3.39. The molecule has 1 saturated carbocycles. The summed E-state index contributed by atoms with van der Waals surface area (Å²) in [6, 6.07) is 5.39. The van der Waals surface area contributed by atoms with E-state index in [1.807, 2.05) is 26.0 Å². The number of hydrogen-bond acceptors (Lipinski definition) is 3. The van der Waals surface area contributed by atoms with Gasteiger partial charge in [-0.05, 0) is 65.9 Å². The van der Waals surface area contributed by atoms with Crippen molar-refractivity contribution in [3.05, 3.63) is 28.2 Å². The van der Waals surface area contributed by atoms with Gasteiger partial charge >= 0.3 is 0 Å². The number of rotatable bonds is 5. The topological polar surface area (TPSA) is 63.4 Å². The summed E-state index contributed by atoms with van der Waals surface area (Å²) in [7, 11) is -3.49. The molecule has 0 saturated heterocycles. The van der Waals surface area contributed by atoms with Crippen LogP contribution in [0.25, 0.3) is 0 Å². The van der Waals surface area contributed by atoms with Gasteiger partial charge in [0.25, 0.3) is 0 Å². The maximum atomic E-state index is 13.0. The summed E-state index contributed by atoms with van der Waals surface area (Å²) in [5, 5.41) is 0. The Bertz CT molecular complexity index is 604. The van der Waals surface area contributed by atoms with Crippen molar-refractivity contribution in [3.63, 3.8) is 0 Å². The fourth-order valence-corrected chi connectivity index (χ4v) is 6.07. The molecule has 2 atom stereocenters. The first kappa shape index (κ1) is 16.9. The number of nitrogens with two attached hydrogens (primary N) is 1. The fraction of sp³-hybridized carbons (Fsp3) is 0.600. The molecule has 0 amide bonds. The Hall–Kier alpha value is -0.430. The minimum atomic E-state index is -3.49. The third-order valence-electron chi connectivity index (χ3n) is 4.28. The number of sulfonamides is 1. The first-order valence-corrected chi connectivity index (χ1v) is 9.63. The molecule has 6 heteroatoms. The van der Waals surface area contributed by atoms with Crippen LogP contribution in [0.15, 0.2) is 27.6 Å². The first-order valence-electron chi connectivity index (χ1n) is 7.39. The van der Waals surface area contributed by atoms with Gasteiger partial charge in [-0.25, -0.2) is 8.42 Å². The van der Waals surface area contributed by atoms with Gasteiger partial charge in [0.2, 0.25) is 10.0 Å². The standard InChI is InChI=1S/C15H23BrN2O2S/c1-3-18(14-6-4-5-12(14)10-17)21(19,20)15-8-7-11(2)9-13(15)16/h7-9,12,14H,3-6,10,17H2,1-2H3. The summed E-state index contributed by atoms with van der Waals surface area (Å²) in [5.41, 5.74) is 6.85. The second-order valence-electron chi connectivity index (χ2n) is 5.64. The molecule has 21 heavy (non-hydrogen) atoms. The molecular weight excluding hydrogens is 352 g/mol. The van der Waals surface area contributed by atoms with Gasteiger partial charge in [-0.2, -0.15) is 4.31 Å². The Kier molecular flexibility index (Phi) is 5.46. The molecule has 1 aliphatic carbocycles. The molecule has 4 nitrogen and oxygen atoms in total. The van der Waals surface area contributed by atoms with Crippen molar-refractivity contribution in [2.75, 3.05) is 13.1 Å². The van der Waals surface area contributed by atoms with E-state index in [-0.39, 0.29) is 12.0 Å². The van der Waals surface area contributed by atoms with Crippen LogP contribution in [0.2, 0.25) is 0 Å². The number of aryl methyl sites for hydroxylation is 1. The summed E-state index contributed by atoms with van der Waals surface area (Å²) in [6.45, 7) is 4.86. The van der Waals surface area contributed by atoms with E-state index in [0.29, 0.717) is 22.5 Å². The third kappa shape index (κ3) is 3.33. The normalized spacial score (nSPS) is 22.9. The molecule has 1 aromatic carbocycles. The average Bonchev–Trinajstić information content (AvgIpc) is 2.86. The molecule has 1 aliphatic rings. The quantitative estimate of drug-likeness (QED) is 0.861. The molecule has 0 spiro atoms. The Morgan fingerprint density at radius 1 is 1.38 bits per heavy atom. The monoisotopic (exact) mass is 374 g/mol. The lowest BCUT2D eigenvalue weighted by atomic mass is 10.0. The van der Waals surface area contributed by atoms with Gasteiger partial charge in [0.15, 0.2) is 0 Å². The van der Waals surface area contributed by atoms with Gasteiger partial charge in [-0.1, -0.05) is 19.4 Å². The Balaban J connectivity index is 2.40. The molecule has 1 fully saturated rings. The lowest BCUT2D eigenvalue weighted by Crippen LogP contribution is -2.44. The van der Waals surface area contributed by atoms with Crippen molar-refractivity contribution < 1.29 is 8.42 Å².